The van der Waals surface area contributed by atoms with E-state index >= 15 is 0 Å². The highest BCUT2D eigenvalue weighted by Crippen LogP contribution is 2.48. The average Bonchev–Trinajstić information content (AvgIpc) is 3.29. The van der Waals surface area contributed by atoms with Crippen LogP contribution in [0.25, 0.3) is 0 Å². The molecule has 0 spiro atoms. The highest BCUT2D eigenvalue weighted by Gasteiger charge is 2.41. The Bertz CT molecular complexity index is 1210. The predicted octanol–water partition coefficient (Wildman–Crippen LogP) is 6.72. The molecule has 0 aliphatic carbocycles. The fourth-order valence-electron chi connectivity index (χ4n) is 4.51. The maximum atomic E-state index is 6.47. The lowest BCUT2D eigenvalue weighted by atomic mass is 9.95. The molecule has 2 heterocycles. The molecule has 0 radical (unpaired) electrons. The van der Waals surface area contributed by atoms with Gasteiger partial charge in [-0.1, -0.05) is 49.7 Å². The predicted molar refractivity (Wildman–Crippen MR) is 131 cm³/mol. The maximum Gasteiger partial charge on any atom is 0.213 e. The molecule has 0 aromatic heterocycles. The van der Waals surface area contributed by atoms with Gasteiger partial charge in [-0.3, -0.25) is 0 Å². The number of methoxy groups -OCH3 is 2. The Labute approximate surface area is 199 Å². The van der Waals surface area contributed by atoms with E-state index in [0.717, 1.165) is 34.6 Å². The molecule has 2 atom stereocenters. The maximum absolute atomic E-state index is 6.47. The third-order valence-corrected chi connectivity index (χ3v) is 6.59. The number of benzene rings is 3. The zero-order valence-corrected chi connectivity index (χ0v) is 20.0. The Morgan fingerprint density at radius 2 is 1.73 bits per heavy atom. The van der Waals surface area contributed by atoms with Gasteiger partial charge in [0.2, 0.25) is 6.23 Å². The highest BCUT2D eigenvalue weighted by molar-refractivity contribution is 6.30. The van der Waals surface area contributed by atoms with Gasteiger partial charge < -0.3 is 14.2 Å². The molecule has 2 aliphatic heterocycles. The lowest BCUT2D eigenvalue weighted by molar-refractivity contribution is -0.0190. The monoisotopic (exact) mass is 462 g/mol. The molecule has 0 saturated heterocycles. The Balaban J connectivity index is 1.56. The van der Waals surface area contributed by atoms with Gasteiger partial charge in [0.15, 0.2) is 11.5 Å². The normalized spacial score (nSPS) is 19.0. The van der Waals surface area contributed by atoms with Crippen molar-refractivity contribution in [3.8, 4) is 17.2 Å². The molecule has 0 amide bonds. The lowest BCUT2D eigenvalue weighted by Gasteiger charge is -2.38. The van der Waals surface area contributed by atoms with E-state index in [9.17, 15) is 0 Å². The van der Waals surface area contributed by atoms with Gasteiger partial charge in [-0.15, -0.1) is 0 Å². The van der Waals surface area contributed by atoms with Crippen LogP contribution < -0.4 is 14.2 Å². The van der Waals surface area contributed by atoms with Crippen LogP contribution in [0.1, 0.15) is 60.7 Å². The van der Waals surface area contributed by atoms with Crippen LogP contribution in [0.5, 0.6) is 17.2 Å². The van der Waals surface area contributed by atoms with Gasteiger partial charge in [-0.25, -0.2) is 5.01 Å². The van der Waals surface area contributed by atoms with Crippen molar-refractivity contribution in [2.24, 2.45) is 5.10 Å². The van der Waals surface area contributed by atoms with Gasteiger partial charge >= 0.3 is 0 Å². The van der Waals surface area contributed by atoms with Crippen LogP contribution in [0.15, 0.2) is 65.8 Å². The molecule has 3 aromatic carbocycles. The van der Waals surface area contributed by atoms with Gasteiger partial charge in [0.1, 0.15) is 5.75 Å². The smallest absolute Gasteiger partial charge is 0.213 e. The van der Waals surface area contributed by atoms with E-state index in [1.807, 2.05) is 36.4 Å². The van der Waals surface area contributed by atoms with E-state index < -0.39 is 0 Å². The Morgan fingerprint density at radius 1 is 0.970 bits per heavy atom. The number of hydrazone groups is 1. The second-order valence-corrected chi connectivity index (χ2v) is 9.13. The number of hydrogen-bond acceptors (Lipinski definition) is 5. The summed E-state index contributed by atoms with van der Waals surface area (Å²) in [7, 11) is 3.28. The average molecular weight is 463 g/mol. The quantitative estimate of drug-likeness (QED) is 0.422. The minimum absolute atomic E-state index is 0.0327. The van der Waals surface area contributed by atoms with E-state index in [0.29, 0.717) is 22.4 Å². The summed E-state index contributed by atoms with van der Waals surface area (Å²) in [6.07, 6.45) is 0.426. The van der Waals surface area contributed by atoms with Crippen molar-refractivity contribution < 1.29 is 14.2 Å². The van der Waals surface area contributed by atoms with Gasteiger partial charge in [0.05, 0.1) is 26.0 Å². The summed E-state index contributed by atoms with van der Waals surface area (Å²) in [5.41, 5.74) is 5.40. The number of rotatable bonds is 5. The minimum Gasteiger partial charge on any atom is -0.493 e. The summed E-state index contributed by atoms with van der Waals surface area (Å²) >= 11 is 6.35. The van der Waals surface area contributed by atoms with E-state index in [-0.39, 0.29) is 12.3 Å². The first-order valence-corrected chi connectivity index (χ1v) is 11.5. The molecule has 2 aliphatic rings. The molecule has 6 heteroatoms. The zero-order valence-electron chi connectivity index (χ0n) is 19.2. The summed E-state index contributed by atoms with van der Waals surface area (Å²) in [6.45, 7) is 4.39. The van der Waals surface area contributed by atoms with Crippen LogP contribution >= 0.6 is 11.6 Å². The number of nitrogens with zero attached hydrogens (tertiary/aromatic N) is 2. The second-order valence-electron chi connectivity index (χ2n) is 8.69. The van der Waals surface area contributed by atoms with Crippen LogP contribution in [-0.4, -0.2) is 24.9 Å². The first-order valence-electron chi connectivity index (χ1n) is 11.1. The van der Waals surface area contributed by atoms with Crippen molar-refractivity contribution in [1.82, 2.24) is 5.01 Å². The molecular weight excluding hydrogens is 436 g/mol. The van der Waals surface area contributed by atoms with Crippen LogP contribution in [0.2, 0.25) is 5.02 Å². The Kier molecular flexibility index (Phi) is 5.67. The fraction of sp³-hybridized carbons (Fsp3) is 0.296. The van der Waals surface area contributed by atoms with Gasteiger partial charge in [-0.2, -0.15) is 5.10 Å². The first kappa shape index (κ1) is 21.7. The van der Waals surface area contributed by atoms with Crippen molar-refractivity contribution in [1.29, 1.82) is 0 Å². The van der Waals surface area contributed by atoms with Crippen LogP contribution in [0, 0.1) is 0 Å². The summed E-state index contributed by atoms with van der Waals surface area (Å²) < 4.78 is 17.4. The minimum atomic E-state index is -0.317. The van der Waals surface area contributed by atoms with Crippen LogP contribution in [0.3, 0.4) is 0 Å². The molecule has 0 fully saturated rings. The van der Waals surface area contributed by atoms with Crippen LogP contribution in [-0.2, 0) is 0 Å². The SMILES string of the molecule is COc1ccc(C2=NN3[C@@H](c4ccc(C(C)C)cc4)Oc4ccc(Cl)cc4[C@@H]3C2)cc1OC. The molecule has 0 saturated carbocycles. The molecule has 0 unspecified atom stereocenters. The summed E-state index contributed by atoms with van der Waals surface area (Å²) in [5.74, 6) is 2.70. The van der Waals surface area contributed by atoms with Crippen molar-refractivity contribution >= 4 is 17.3 Å². The first-order chi connectivity index (χ1) is 16.0. The highest BCUT2D eigenvalue weighted by atomic mass is 35.5. The second kappa shape index (κ2) is 8.64. The standard InChI is InChI=1S/C27H27ClN2O3/c1-16(2)17-5-7-18(8-6-17)27-30-23(21-14-20(28)10-12-24(21)33-27)15-22(29-30)19-9-11-25(31-3)26(13-19)32-4/h5-14,16,23,27H,15H2,1-4H3/t23-,27+/m0/s1. The number of fused-ring (bicyclic) bond motifs is 3. The van der Waals surface area contributed by atoms with Gasteiger partial charge in [-0.05, 0) is 47.9 Å². The number of hydrogen-bond donors (Lipinski definition) is 0. The van der Waals surface area contributed by atoms with E-state index in [4.69, 9.17) is 30.9 Å². The number of ether oxygens (including phenoxy) is 3. The van der Waals surface area contributed by atoms with Gasteiger partial charge in [0.25, 0.3) is 0 Å². The molecule has 170 valence electrons. The third-order valence-electron chi connectivity index (χ3n) is 6.36. The molecule has 5 rings (SSSR count). The van der Waals surface area contributed by atoms with E-state index in [2.05, 4.69) is 43.1 Å². The Hall–Kier alpha value is -3.18. The molecule has 3 aromatic rings. The third kappa shape index (κ3) is 3.91. The van der Waals surface area contributed by atoms with Crippen molar-refractivity contribution in [2.75, 3.05) is 14.2 Å². The van der Waals surface area contributed by atoms with Crippen molar-refractivity contribution in [2.45, 2.75) is 38.5 Å². The van der Waals surface area contributed by atoms with Crippen LogP contribution in [0.4, 0.5) is 0 Å². The number of halogens is 1. The van der Waals surface area contributed by atoms with Crippen molar-refractivity contribution in [3.05, 3.63) is 87.9 Å². The lowest BCUT2D eigenvalue weighted by Crippen LogP contribution is -2.33. The summed E-state index contributed by atoms with van der Waals surface area (Å²) in [5, 5.41) is 7.80. The fourth-order valence-corrected chi connectivity index (χ4v) is 4.69. The Morgan fingerprint density at radius 3 is 2.42 bits per heavy atom. The topological polar surface area (TPSA) is 43.3 Å². The van der Waals surface area contributed by atoms with Gasteiger partial charge in [0, 0.05) is 28.1 Å². The van der Waals surface area contributed by atoms with E-state index in [1.165, 1.54) is 5.56 Å². The van der Waals surface area contributed by atoms with Crippen molar-refractivity contribution in [3.63, 3.8) is 0 Å². The molecule has 0 N–H and O–H groups in total. The zero-order chi connectivity index (χ0) is 23.1. The molecule has 33 heavy (non-hydrogen) atoms. The molecule has 0 bridgehead atoms. The summed E-state index contributed by atoms with van der Waals surface area (Å²) in [6, 6.07) is 20.4. The molecular formula is C27H27ClN2O3. The van der Waals surface area contributed by atoms with E-state index in [1.54, 1.807) is 14.2 Å². The largest absolute Gasteiger partial charge is 0.493 e. The molecule has 5 nitrogen and oxygen atoms in total. The summed E-state index contributed by atoms with van der Waals surface area (Å²) in [4.78, 5) is 0.